The number of rotatable bonds is 3. The number of ether oxygens (including phenoxy) is 1. The highest BCUT2D eigenvalue weighted by Gasteiger charge is 2.36. The maximum atomic E-state index is 6.39. The molecule has 5 heteroatoms. The number of para-hydroxylation sites is 5. The molecule has 1 atom stereocenters. The Kier molecular flexibility index (Phi) is 7.01. The Morgan fingerprint density at radius 1 is 0.467 bits per heavy atom. The Labute approximate surface area is 346 Å². The van der Waals surface area contributed by atoms with Gasteiger partial charge in [-0.15, -0.1) is 0 Å². The number of benzene rings is 7. The number of nitrogens with zero attached hydrogens (tertiary/aromatic N) is 4. The van der Waals surface area contributed by atoms with Crippen LogP contribution in [0.3, 0.4) is 0 Å². The molecule has 3 aromatic heterocycles. The lowest BCUT2D eigenvalue weighted by Crippen LogP contribution is -2.31. The molecule has 0 fully saturated rings. The molecule has 0 amide bonds. The lowest BCUT2D eigenvalue weighted by molar-refractivity contribution is -0.370. The number of aromatic nitrogens is 3. The first-order chi connectivity index (χ1) is 29.8. The summed E-state index contributed by atoms with van der Waals surface area (Å²) in [6.07, 6.45) is 10.0. The number of hydrogen-bond donors (Lipinski definition) is 0. The maximum absolute atomic E-state index is 6.39. The lowest BCUT2D eigenvalue weighted by Gasteiger charge is -2.29. The summed E-state index contributed by atoms with van der Waals surface area (Å²) in [7, 11) is 0. The van der Waals surface area contributed by atoms with Gasteiger partial charge in [0.05, 0.1) is 27.8 Å². The van der Waals surface area contributed by atoms with E-state index in [9.17, 15) is 0 Å². The van der Waals surface area contributed by atoms with Crippen molar-refractivity contribution >= 4 is 66.2 Å². The smallest absolute Gasteiger partial charge is 0.233 e. The van der Waals surface area contributed by atoms with Crippen LogP contribution in [0, 0.1) is 0 Å². The Morgan fingerprint density at radius 3 is 1.60 bits per heavy atom. The zero-order valence-corrected chi connectivity index (χ0v) is 32.4. The van der Waals surface area contributed by atoms with E-state index in [2.05, 4.69) is 202 Å². The molecule has 7 aromatic carbocycles. The van der Waals surface area contributed by atoms with Crippen LogP contribution in [0.4, 0.5) is 5.69 Å². The van der Waals surface area contributed by atoms with E-state index in [1.807, 2.05) is 12.4 Å². The average molecular weight is 768 g/mol. The molecule has 0 N–H and O–H groups in total. The average Bonchev–Trinajstić information content (AvgIpc) is 3.84. The van der Waals surface area contributed by atoms with Gasteiger partial charge < -0.3 is 13.9 Å². The van der Waals surface area contributed by atoms with Crippen molar-refractivity contribution in [1.29, 1.82) is 0 Å². The summed E-state index contributed by atoms with van der Waals surface area (Å²) < 4.78 is 13.5. The van der Waals surface area contributed by atoms with Gasteiger partial charge in [-0.25, -0.2) is 0 Å². The fourth-order valence-electron chi connectivity index (χ4n) is 9.97. The van der Waals surface area contributed by atoms with Gasteiger partial charge in [0, 0.05) is 68.5 Å². The standard InChI is InChI=1S/C55H35N4O/c1-2-13-35(14-3-1)57-29-30-60-54-34-48-47(33-53(54)57)39-27-25-37(59-51-22-10-6-17-42(51)43-18-7-11-23-52(43)59)32-46(39)45-31-36(24-26-38(45)44-19-12-28-56-55(44)48)58-49-20-8-4-15-40(49)41-16-5-9-21-50(41)58/h1-34,54H/q+1. The van der Waals surface area contributed by atoms with Crippen LogP contribution in [0.5, 0.6) is 0 Å². The number of hydrogen-bond acceptors (Lipinski definition) is 2. The largest absolute Gasteiger partial charge is 0.477 e. The summed E-state index contributed by atoms with van der Waals surface area (Å²) in [5.41, 5.74) is 17.8. The third kappa shape index (κ3) is 4.74. The van der Waals surface area contributed by atoms with Crippen LogP contribution in [-0.4, -0.2) is 30.5 Å². The summed E-state index contributed by atoms with van der Waals surface area (Å²) >= 11 is 0. The highest BCUT2D eigenvalue weighted by atomic mass is 16.5. The first kappa shape index (κ1) is 33.0. The molecule has 0 bridgehead atoms. The zero-order valence-electron chi connectivity index (χ0n) is 32.4. The Morgan fingerprint density at radius 2 is 1.00 bits per heavy atom. The minimum Gasteiger partial charge on any atom is -0.477 e. The van der Waals surface area contributed by atoms with E-state index in [0.717, 1.165) is 67.4 Å². The van der Waals surface area contributed by atoms with E-state index in [-0.39, 0.29) is 6.10 Å². The molecule has 3 aliphatic rings. The van der Waals surface area contributed by atoms with Gasteiger partial charge >= 0.3 is 0 Å². The summed E-state index contributed by atoms with van der Waals surface area (Å²) in [5.74, 6) is 0. The molecule has 2 aliphatic carbocycles. The SMILES string of the molecule is C1=C[N+](c2ccccc2)=C2C=C3C(=CC2O1)c1ncccc1-c1ccc(-n2c4ccccc4c4ccccc42)cc1-c1cc(-n2c4ccccc4c4ccccc42)ccc13. The van der Waals surface area contributed by atoms with Crippen LogP contribution >= 0.6 is 0 Å². The van der Waals surface area contributed by atoms with E-state index < -0.39 is 0 Å². The fourth-order valence-corrected chi connectivity index (χ4v) is 9.97. The van der Waals surface area contributed by atoms with Crippen molar-refractivity contribution in [2.75, 3.05) is 0 Å². The Hall–Kier alpha value is -8.02. The minimum atomic E-state index is -0.291. The summed E-state index contributed by atoms with van der Waals surface area (Å²) in [5, 5.41) is 4.96. The van der Waals surface area contributed by atoms with Crippen LogP contribution in [0.25, 0.3) is 88.4 Å². The minimum absolute atomic E-state index is 0.291. The second-order valence-electron chi connectivity index (χ2n) is 15.7. The maximum Gasteiger partial charge on any atom is 0.233 e. The predicted molar refractivity (Wildman–Crippen MR) is 245 cm³/mol. The van der Waals surface area contributed by atoms with Gasteiger partial charge in [0.15, 0.2) is 0 Å². The van der Waals surface area contributed by atoms with Crippen molar-refractivity contribution < 1.29 is 9.31 Å². The van der Waals surface area contributed by atoms with Crippen molar-refractivity contribution in [3.05, 3.63) is 218 Å². The van der Waals surface area contributed by atoms with Gasteiger partial charge in [-0.1, -0.05) is 109 Å². The van der Waals surface area contributed by atoms with Crippen LogP contribution in [0.15, 0.2) is 207 Å². The molecule has 0 saturated carbocycles. The molecule has 4 heterocycles. The fraction of sp³-hybridized carbons (Fsp3) is 0.0182. The summed E-state index contributed by atoms with van der Waals surface area (Å²) in [4.78, 5) is 5.16. The summed E-state index contributed by atoms with van der Waals surface area (Å²) in [6.45, 7) is 0. The molecule has 10 aromatic rings. The quantitative estimate of drug-likeness (QED) is 0.168. The number of pyridine rings is 1. The van der Waals surface area contributed by atoms with Crippen molar-refractivity contribution in [2.24, 2.45) is 0 Å². The molecule has 13 rings (SSSR count). The van der Waals surface area contributed by atoms with Crippen molar-refractivity contribution in [1.82, 2.24) is 14.1 Å². The van der Waals surface area contributed by atoms with Crippen LogP contribution in [0.2, 0.25) is 0 Å². The molecule has 0 radical (unpaired) electrons. The molecular weight excluding hydrogens is 733 g/mol. The predicted octanol–water partition coefficient (Wildman–Crippen LogP) is 13.1. The molecular formula is C55H35N4O+. The van der Waals surface area contributed by atoms with E-state index in [1.165, 1.54) is 43.6 Å². The van der Waals surface area contributed by atoms with Crippen LogP contribution < -0.4 is 0 Å². The van der Waals surface area contributed by atoms with Gasteiger partial charge in [-0.3, -0.25) is 4.98 Å². The van der Waals surface area contributed by atoms with E-state index >= 15 is 0 Å². The highest BCUT2D eigenvalue weighted by molar-refractivity contribution is 6.22. The molecule has 0 saturated heterocycles. The van der Waals surface area contributed by atoms with Gasteiger partial charge in [-0.05, 0) is 88.5 Å². The molecule has 0 spiro atoms. The highest BCUT2D eigenvalue weighted by Crippen LogP contribution is 2.49. The number of fused-ring (bicyclic) bond motifs is 15. The van der Waals surface area contributed by atoms with E-state index in [0.29, 0.717) is 0 Å². The number of allylic oxidation sites excluding steroid dienone is 2. The van der Waals surface area contributed by atoms with Crippen molar-refractivity contribution in [3.63, 3.8) is 0 Å². The van der Waals surface area contributed by atoms with Crippen LogP contribution in [-0.2, 0) is 4.74 Å². The van der Waals surface area contributed by atoms with Crippen molar-refractivity contribution in [3.8, 4) is 33.6 Å². The second-order valence-corrected chi connectivity index (χ2v) is 15.7. The van der Waals surface area contributed by atoms with Crippen molar-refractivity contribution in [2.45, 2.75) is 6.10 Å². The van der Waals surface area contributed by atoms with Gasteiger partial charge in [0.1, 0.15) is 6.26 Å². The molecule has 1 aliphatic heterocycles. The molecule has 280 valence electrons. The molecule has 1 unspecified atom stereocenters. The third-order valence-electron chi connectivity index (χ3n) is 12.6. The van der Waals surface area contributed by atoms with Gasteiger partial charge in [-0.2, -0.15) is 4.58 Å². The van der Waals surface area contributed by atoms with Gasteiger partial charge in [0.2, 0.25) is 23.7 Å². The Bertz CT molecular complexity index is 3470. The first-order valence-electron chi connectivity index (χ1n) is 20.5. The summed E-state index contributed by atoms with van der Waals surface area (Å²) in [6, 6.07) is 63.7. The molecule has 5 nitrogen and oxygen atoms in total. The topological polar surface area (TPSA) is 35.0 Å². The molecule has 60 heavy (non-hydrogen) atoms. The van der Waals surface area contributed by atoms with Gasteiger partial charge in [0.25, 0.3) is 0 Å². The van der Waals surface area contributed by atoms with E-state index in [1.54, 1.807) is 6.26 Å². The zero-order chi connectivity index (χ0) is 39.3. The Balaban J connectivity index is 1.15. The third-order valence-corrected chi connectivity index (χ3v) is 12.6. The van der Waals surface area contributed by atoms with E-state index in [4.69, 9.17) is 9.72 Å². The second kappa shape index (κ2) is 12.7. The van der Waals surface area contributed by atoms with Crippen LogP contribution in [0.1, 0.15) is 11.3 Å². The first-order valence-corrected chi connectivity index (χ1v) is 20.5. The lowest BCUT2D eigenvalue weighted by atomic mass is 9.78. The monoisotopic (exact) mass is 767 g/mol. The normalized spacial score (nSPS) is 15.4.